The van der Waals surface area contributed by atoms with Crippen molar-refractivity contribution in [1.82, 2.24) is 0 Å². The van der Waals surface area contributed by atoms with Crippen LogP contribution in [0.5, 0.6) is 0 Å². The molecule has 0 heterocycles. The Balaban J connectivity index is 6.17. The van der Waals surface area contributed by atoms with Crippen molar-refractivity contribution in [3.63, 3.8) is 0 Å². The van der Waals surface area contributed by atoms with Crippen LogP contribution in [0.2, 0.25) is 0 Å². The molecule has 0 fully saturated rings. The third-order valence-electron chi connectivity index (χ3n) is 1.88. The van der Waals surface area contributed by atoms with E-state index in [-0.39, 0.29) is 0 Å². The van der Waals surface area contributed by atoms with Gasteiger partial charge in [-0.1, -0.05) is 0 Å². The molecule has 0 saturated carbocycles. The number of carbonyl (C=O) groups is 1. The Morgan fingerprint density at radius 1 is 0.714 bits per heavy atom. The minimum Gasteiger partial charge on any atom is -0.477 e. The second-order valence-electron chi connectivity index (χ2n) is 3.23. The molecule has 0 aliphatic rings. The molecule has 0 amide bonds. The summed E-state index contributed by atoms with van der Waals surface area (Å²) >= 11 is 0. The van der Waals surface area contributed by atoms with E-state index in [9.17, 15) is 53.1 Å². The molecule has 0 aliphatic carbocycles. The predicted molar refractivity (Wildman–Crippen MR) is 42.1 cm³/mol. The topological polar surface area (TPSA) is 37.3 Å². The summed E-state index contributed by atoms with van der Waals surface area (Å²) in [6, 6.07) is 0. The summed E-state index contributed by atoms with van der Waals surface area (Å²) in [7, 11) is 0. The maximum Gasteiger partial charge on any atom is 0.411 e. The molecule has 0 aromatic carbocycles. The Hall–Kier alpha value is -1.82. The first-order valence-corrected chi connectivity index (χ1v) is 4.26. The van der Waals surface area contributed by atoms with Gasteiger partial charge in [0.1, 0.15) is 0 Å². The van der Waals surface area contributed by atoms with Crippen LogP contribution < -0.4 is 0 Å². The summed E-state index contributed by atoms with van der Waals surface area (Å²) in [5.41, 5.74) is 0. The Morgan fingerprint density at radius 2 is 1.10 bits per heavy atom. The zero-order valence-electron chi connectivity index (χ0n) is 9.01. The third-order valence-corrected chi connectivity index (χ3v) is 1.88. The number of carboxylic acids is 1. The maximum absolute atomic E-state index is 12.7. The van der Waals surface area contributed by atoms with Gasteiger partial charge in [-0.3, -0.25) is 0 Å². The number of halogens is 11. The summed E-state index contributed by atoms with van der Waals surface area (Å²) < 4.78 is 136. The van der Waals surface area contributed by atoms with Gasteiger partial charge < -0.3 is 5.11 Å². The Morgan fingerprint density at radius 3 is 1.38 bits per heavy atom. The highest BCUT2D eigenvalue weighted by molar-refractivity contribution is 5.77. The van der Waals surface area contributed by atoms with Crippen LogP contribution in [-0.4, -0.2) is 28.8 Å². The molecule has 0 atom stereocenters. The van der Waals surface area contributed by atoms with Crippen LogP contribution in [0.4, 0.5) is 48.3 Å². The second-order valence-corrected chi connectivity index (χ2v) is 3.23. The lowest BCUT2D eigenvalue weighted by atomic mass is 10.0. The average molecular weight is 338 g/mol. The first kappa shape index (κ1) is 19.2. The van der Waals surface area contributed by atoms with E-state index in [0.717, 1.165) is 0 Å². The highest BCUT2D eigenvalue weighted by atomic mass is 19.3. The quantitative estimate of drug-likeness (QED) is 0.602. The Labute approximate surface area is 107 Å². The second kappa shape index (κ2) is 5.52. The summed E-state index contributed by atoms with van der Waals surface area (Å²) in [6.45, 7) is 0. The fraction of sp³-hybridized carbons (Fsp3) is 0.375. The van der Waals surface area contributed by atoms with E-state index in [1.165, 1.54) is 0 Å². The molecule has 0 rings (SSSR count). The molecule has 0 bridgehead atoms. The molecule has 0 saturated heterocycles. The van der Waals surface area contributed by atoms with Crippen LogP contribution in [0.15, 0.2) is 23.6 Å². The molecular formula is C8HF11O2. The molecule has 1 N–H and O–H groups in total. The van der Waals surface area contributed by atoms with Crippen LogP contribution >= 0.6 is 0 Å². The van der Waals surface area contributed by atoms with Gasteiger partial charge in [-0.15, -0.1) is 0 Å². The first-order chi connectivity index (χ1) is 9.12. The van der Waals surface area contributed by atoms with Crippen LogP contribution in [-0.2, 0) is 4.79 Å². The van der Waals surface area contributed by atoms with Gasteiger partial charge in [0.15, 0.2) is 0 Å². The van der Waals surface area contributed by atoms with Gasteiger partial charge in [0.05, 0.1) is 0 Å². The number of hydrogen-bond acceptors (Lipinski definition) is 1. The van der Waals surface area contributed by atoms with Crippen molar-refractivity contribution >= 4 is 5.97 Å². The summed E-state index contributed by atoms with van der Waals surface area (Å²) in [5.74, 6) is -36.3. The standard InChI is InChI=1S/C8HF11O2/c9-1(2(10)4(12)13)3(11)6(14,15)8(18,19)7(16,17)5(20)21/h(H,20,21)/b3-1+. The van der Waals surface area contributed by atoms with E-state index < -0.39 is 47.3 Å². The minimum atomic E-state index is -7.08. The number of rotatable bonds is 5. The Bertz CT molecular complexity index is 500. The highest BCUT2D eigenvalue weighted by Gasteiger charge is 2.77. The molecule has 0 unspecified atom stereocenters. The van der Waals surface area contributed by atoms with E-state index in [4.69, 9.17) is 5.11 Å². The smallest absolute Gasteiger partial charge is 0.411 e. The molecule has 21 heavy (non-hydrogen) atoms. The van der Waals surface area contributed by atoms with Gasteiger partial charge in [0.2, 0.25) is 17.5 Å². The summed E-state index contributed by atoms with van der Waals surface area (Å²) in [6.07, 6.45) is -3.74. The van der Waals surface area contributed by atoms with Crippen LogP contribution in [0.1, 0.15) is 0 Å². The molecular weight excluding hydrogens is 337 g/mol. The molecule has 2 nitrogen and oxygen atoms in total. The fourth-order valence-corrected chi connectivity index (χ4v) is 0.786. The lowest BCUT2D eigenvalue weighted by Crippen LogP contribution is -2.58. The van der Waals surface area contributed by atoms with Gasteiger partial charge in [-0.05, 0) is 0 Å². The molecule has 13 heteroatoms. The predicted octanol–water partition coefficient (Wildman–Crippen LogP) is 4.21. The lowest BCUT2D eigenvalue weighted by molar-refractivity contribution is -0.295. The van der Waals surface area contributed by atoms with Crippen molar-refractivity contribution in [3.05, 3.63) is 23.6 Å². The number of hydrogen-bond donors (Lipinski definition) is 1. The van der Waals surface area contributed by atoms with E-state index in [1.54, 1.807) is 0 Å². The minimum absolute atomic E-state index is 3.64. The summed E-state index contributed by atoms with van der Waals surface area (Å²) in [5, 5.41) is 7.66. The zero-order chi connectivity index (χ0) is 17.4. The molecule has 0 aromatic rings. The van der Waals surface area contributed by atoms with E-state index in [0.29, 0.717) is 0 Å². The van der Waals surface area contributed by atoms with E-state index >= 15 is 0 Å². The first-order valence-electron chi connectivity index (χ1n) is 4.26. The van der Waals surface area contributed by atoms with Crippen molar-refractivity contribution in [3.8, 4) is 0 Å². The number of carboxylic acid groups (broad SMARTS) is 1. The van der Waals surface area contributed by atoms with Gasteiger partial charge in [0, 0.05) is 0 Å². The lowest BCUT2D eigenvalue weighted by Gasteiger charge is -2.29. The largest absolute Gasteiger partial charge is 0.477 e. The van der Waals surface area contributed by atoms with E-state index in [1.807, 2.05) is 0 Å². The van der Waals surface area contributed by atoms with Crippen molar-refractivity contribution in [2.75, 3.05) is 0 Å². The highest BCUT2D eigenvalue weighted by Crippen LogP contribution is 2.51. The SMILES string of the molecule is O=C(O)C(F)(F)C(F)(F)C(F)(F)/C(F)=C(\F)C(F)=C(F)F. The normalized spacial score (nSPS) is 14.6. The molecule has 0 aliphatic heterocycles. The number of alkyl halides is 6. The van der Waals surface area contributed by atoms with Crippen molar-refractivity contribution in [2.24, 2.45) is 0 Å². The van der Waals surface area contributed by atoms with Crippen molar-refractivity contribution in [1.29, 1.82) is 0 Å². The molecule has 0 spiro atoms. The van der Waals surface area contributed by atoms with Gasteiger partial charge in [0.25, 0.3) is 0 Å². The van der Waals surface area contributed by atoms with Gasteiger partial charge in [-0.2, -0.15) is 39.5 Å². The van der Waals surface area contributed by atoms with Crippen LogP contribution in [0.3, 0.4) is 0 Å². The van der Waals surface area contributed by atoms with Crippen LogP contribution in [0, 0.1) is 0 Å². The maximum atomic E-state index is 12.7. The fourth-order valence-electron chi connectivity index (χ4n) is 0.786. The van der Waals surface area contributed by atoms with E-state index in [2.05, 4.69) is 0 Å². The number of aliphatic carboxylic acids is 1. The van der Waals surface area contributed by atoms with Gasteiger partial charge in [-0.25, -0.2) is 13.6 Å². The average Bonchev–Trinajstić information content (AvgIpc) is 2.34. The number of allylic oxidation sites excluding steroid dienone is 3. The Kier molecular flexibility index (Phi) is 5.04. The zero-order valence-corrected chi connectivity index (χ0v) is 9.01. The molecule has 122 valence electrons. The summed E-state index contributed by atoms with van der Waals surface area (Å²) in [4.78, 5) is 9.75. The molecule has 0 aromatic heterocycles. The van der Waals surface area contributed by atoms with Crippen LogP contribution in [0.25, 0.3) is 0 Å². The molecule has 0 radical (unpaired) electrons. The third kappa shape index (κ3) is 2.95. The van der Waals surface area contributed by atoms with Crippen molar-refractivity contribution < 1.29 is 58.2 Å². The monoisotopic (exact) mass is 338 g/mol. The van der Waals surface area contributed by atoms with Crippen molar-refractivity contribution in [2.45, 2.75) is 17.8 Å². The van der Waals surface area contributed by atoms with Gasteiger partial charge >= 0.3 is 29.8 Å².